The third kappa shape index (κ3) is 4.84. The Balaban J connectivity index is 1.27. The van der Waals surface area contributed by atoms with Gasteiger partial charge in [0.2, 0.25) is 17.7 Å². The summed E-state index contributed by atoms with van der Waals surface area (Å²) in [6.45, 7) is 4.45. The summed E-state index contributed by atoms with van der Waals surface area (Å²) in [5, 5.41) is 5.77. The van der Waals surface area contributed by atoms with Crippen LogP contribution >= 0.6 is 0 Å². The standard InChI is InChI=1S/C27H36FN5O3/c1-16-7-3-4-12-33(16)22(34)13-21(31-25(35)18-14-27(15-18)10-6-11-27)26(36)29-17(2)24-30-20-9-5-8-19(28)23(20)32-24/h5,8-9,16-18,21H,3-4,6-7,10-15H2,1-2H3,(H,29,36)(H,30,32)(H,31,35)/t16?,17-,21?/m0/s1. The topological polar surface area (TPSA) is 107 Å². The van der Waals surface area contributed by atoms with E-state index in [9.17, 15) is 18.8 Å². The van der Waals surface area contributed by atoms with Crippen LogP contribution in [0.2, 0.25) is 0 Å². The molecule has 9 heteroatoms. The summed E-state index contributed by atoms with van der Waals surface area (Å²) < 4.78 is 14.1. The van der Waals surface area contributed by atoms with Gasteiger partial charge in [-0.15, -0.1) is 0 Å². The number of halogens is 1. The van der Waals surface area contributed by atoms with Gasteiger partial charge < -0.3 is 20.5 Å². The molecule has 2 aliphatic carbocycles. The van der Waals surface area contributed by atoms with E-state index in [1.165, 1.54) is 25.3 Å². The summed E-state index contributed by atoms with van der Waals surface area (Å²) in [5.74, 6) is -0.830. The number of aromatic nitrogens is 2. The number of amides is 3. The molecule has 5 rings (SSSR count). The molecule has 3 N–H and O–H groups in total. The Hall–Kier alpha value is -2.97. The third-order valence-corrected chi connectivity index (χ3v) is 8.53. The molecule has 2 saturated carbocycles. The molecule has 1 aromatic heterocycles. The SMILES string of the molecule is CC1CCCCN1C(=O)CC(NC(=O)C1CC2(CCC2)C1)C(=O)N[C@@H](C)c1nc2c(F)cccc2[nH]1. The van der Waals surface area contributed by atoms with Gasteiger partial charge in [-0.2, -0.15) is 0 Å². The maximum atomic E-state index is 14.1. The fourth-order valence-electron chi connectivity index (χ4n) is 6.12. The smallest absolute Gasteiger partial charge is 0.243 e. The van der Waals surface area contributed by atoms with Crippen molar-refractivity contribution in [2.45, 2.75) is 89.8 Å². The summed E-state index contributed by atoms with van der Waals surface area (Å²) in [4.78, 5) is 48.7. The number of hydrogen-bond donors (Lipinski definition) is 3. The number of fused-ring (bicyclic) bond motifs is 1. The molecule has 1 spiro atoms. The van der Waals surface area contributed by atoms with Crippen LogP contribution in [-0.4, -0.2) is 51.2 Å². The Labute approximate surface area is 210 Å². The van der Waals surface area contributed by atoms with Crippen molar-refractivity contribution in [2.75, 3.05) is 6.54 Å². The van der Waals surface area contributed by atoms with E-state index in [2.05, 4.69) is 20.6 Å². The van der Waals surface area contributed by atoms with Crippen LogP contribution in [0.3, 0.4) is 0 Å². The van der Waals surface area contributed by atoms with E-state index in [1.54, 1.807) is 19.1 Å². The highest BCUT2D eigenvalue weighted by atomic mass is 19.1. The van der Waals surface area contributed by atoms with Crippen LogP contribution < -0.4 is 10.6 Å². The van der Waals surface area contributed by atoms with Crippen molar-refractivity contribution < 1.29 is 18.8 Å². The highest BCUT2D eigenvalue weighted by Gasteiger charge is 2.51. The molecule has 1 aromatic carbocycles. The second kappa shape index (κ2) is 9.82. The maximum Gasteiger partial charge on any atom is 0.243 e. The molecular weight excluding hydrogens is 461 g/mol. The van der Waals surface area contributed by atoms with Crippen LogP contribution in [0.1, 0.15) is 83.5 Å². The van der Waals surface area contributed by atoms with Crippen molar-refractivity contribution in [3.63, 3.8) is 0 Å². The Morgan fingerprint density at radius 2 is 1.97 bits per heavy atom. The minimum absolute atomic E-state index is 0.0821. The van der Waals surface area contributed by atoms with Crippen molar-refractivity contribution in [1.29, 1.82) is 0 Å². The Bertz CT molecular complexity index is 1150. The summed E-state index contributed by atoms with van der Waals surface area (Å²) in [7, 11) is 0. The minimum atomic E-state index is -0.972. The van der Waals surface area contributed by atoms with Crippen molar-refractivity contribution in [1.82, 2.24) is 25.5 Å². The third-order valence-electron chi connectivity index (χ3n) is 8.53. The molecule has 36 heavy (non-hydrogen) atoms. The number of imidazole rings is 1. The molecule has 2 heterocycles. The Morgan fingerprint density at radius 1 is 1.19 bits per heavy atom. The molecule has 3 fully saturated rings. The number of benzene rings is 1. The van der Waals surface area contributed by atoms with Gasteiger partial charge in [0.1, 0.15) is 17.4 Å². The molecule has 1 aliphatic heterocycles. The second-order valence-electron chi connectivity index (χ2n) is 11.1. The number of nitrogens with one attached hydrogen (secondary N) is 3. The fraction of sp³-hybridized carbons (Fsp3) is 0.630. The fourth-order valence-corrected chi connectivity index (χ4v) is 6.12. The normalized spacial score (nSPS) is 23.0. The summed E-state index contributed by atoms with van der Waals surface area (Å²) in [5.41, 5.74) is 1.09. The van der Waals surface area contributed by atoms with Crippen LogP contribution in [0.25, 0.3) is 11.0 Å². The molecule has 1 saturated heterocycles. The molecular formula is C27H36FN5O3. The van der Waals surface area contributed by atoms with E-state index in [1.807, 2.05) is 11.8 Å². The zero-order valence-electron chi connectivity index (χ0n) is 21.1. The molecule has 0 bridgehead atoms. The number of carbonyl (C=O) groups is 3. The van der Waals surface area contributed by atoms with Gasteiger partial charge in [0.25, 0.3) is 0 Å². The van der Waals surface area contributed by atoms with Crippen LogP contribution in [0.5, 0.6) is 0 Å². The molecule has 0 radical (unpaired) electrons. The van der Waals surface area contributed by atoms with Crippen LogP contribution in [0, 0.1) is 17.2 Å². The van der Waals surface area contributed by atoms with Crippen LogP contribution in [0.4, 0.5) is 4.39 Å². The molecule has 194 valence electrons. The molecule has 3 aliphatic rings. The number of likely N-dealkylation sites (tertiary alicyclic amines) is 1. The highest BCUT2D eigenvalue weighted by molar-refractivity contribution is 5.93. The van der Waals surface area contributed by atoms with Gasteiger partial charge in [-0.25, -0.2) is 9.37 Å². The number of carbonyl (C=O) groups excluding carboxylic acids is 3. The summed E-state index contributed by atoms with van der Waals surface area (Å²) in [6, 6.07) is 3.24. The number of nitrogens with zero attached hydrogens (tertiary/aromatic N) is 2. The number of aromatic amines is 1. The lowest BCUT2D eigenvalue weighted by molar-refractivity contribution is -0.142. The molecule has 2 aromatic rings. The van der Waals surface area contributed by atoms with Crippen molar-refractivity contribution in [3.8, 4) is 0 Å². The van der Waals surface area contributed by atoms with Gasteiger partial charge in [-0.3, -0.25) is 14.4 Å². The number of para-hydroxylation sites is 1. The molecule has 8 nitrogen and oxygen atoms in total. The zero-order valence-corrected chi connectivity index (χ0v) is 21.1. The van der Waals surface area contributed by atoms with Crippen molar-refractivity contribution in [3.05, 3.63) is 29.8 Å². The molecule has 2 unspecified atom stereocenters. The predicted octanol–water partition coefficient (Wildman–Crippen LogP) is 3.74. The first-order valence-corrected chi connectivity index (χ1v) is 13.3. The lowest BCUT2D eigenvalue weighted by atomic mass is 9.51. The van der Waals surface area contributed by atoms with Crippen molar-refractivity contribution in [2.24, 2.45) is 11.3 Å². The monoisotopic (exact) mass is 497 g/mol. The van der Waals surface area contributed by atoms with E-state index in [4.69, 9.17) is 0 Å². The van der Waals surface area contributed by atoms with Crippen LogP contribution in [-0.2, 0) is 14.4 Å². The maximum absolute atomic E-state index is 14.1. The van der Waals surface area contributed by atoms with Gasteiger partial charge in [0.15, 0.2) is 5.82 Å². The average molecular weight is 498 g/mol. The highest BCUT2D eigenvalue weighted by Crippen LogP contribution is 2.58. The van der Waals surface area contributed by atoms with Gasteiger partial charge in [-0.1, -0.05) is 12.5 Å². The van der Waals surface area contributed by atoms with E-state index < -0.39 is 23.8 Å². The summed E-state index contributed by atoms with van der Waals surface area (Å²) >= 11 is 0. The summed E-state index contributed by atoms with van der Waals surface area (Å²) in [6.07, 6.45) is 8.22. The first-order chi connectivity index (χ1) is 17.2. The van der Waals surface area contributed by atoms with E-state index in [0.717, 1.165) is 32.1 Å². The Kier molecular flexibility index (Phi) is 6.74. The van der Waals surface area contributed by atoms with E-state index in [0.29, 0.717) is 23.3 Å². The van der Waals surface area contributed by atoms with Crippen molar-refractivity contribution >= 4 is 28.8 Å². The lowest BCUT2D eigenvalue weighted by Gasteiger charge is -2.53. The molecule has 3 amide bonds. The zero-order chi connectivity index (χ0) is 25.4. The van der Waals surface area contributed by atoms with E-state index in [-0.39, 0.29) is 35.7 Å². The second-order valence-corrected chi connectivity index (χ2v) is 11.1. The Morgan fingerprint density at radius 3 is 2.64 bits per heavy atom. The largest absolute Gasteiger partial charge is 0.345 e. The van der Waals surface area contributed by atoms with Gasteiger partial charge in [0, 0.05) is 18.5 Å². The first-order valence-electron chi connectivity index (χ1n) is 13.3. The number of H-pyrrole nitrogens is 1. The van der Waals surface area contributed by atoms with Crippen LogP contribution in [0.15, 0.2) is 18.2 Å². The van der Waals surface area contributed by atoms with Gasteiger partial charge >= 0.3 is 0 Å². The quantitative estimate of drug-likeness (QED) is 0.542. The number of piperidine rings is 1. The van der Waals surface area contributed by atoms with E-state index >= 15 is 0 Å². The van der Waals surface area contributed by atoms with Gasteiger partial charge in [0.05, 0.1) is 18.0 Å². The first kappa shape index (κ1) is 24.7. The number of hydrogen-bond acceptors (Lipinski definition) is 4. The molecule has 3 atom stereocenters. The predicted molar refractivity (Wildman–Crippen MR) is 133 cm³/mol. The number of rotatable bonds is 7. The lowest BCUT2D eigenvalue weighted by Crippen LogP contribution is -2.55. The minimum Gasteiger partial charge on any atom is -0.345 e. The average Bonchev–Trinajstić information content (AvgIpc) is 3.23. The van der Waals surface area contributed by atoms with Gasteiger partial charge in [-0.05, 0) is 76.3 Å².